The predicted octanol–water partition coefficient (Wildman–Crippen LogP) is 2.18. The van der Waals surface area contributed by atoms with Crippen molar-refractivity contribution in [1.29, 1.82) is 0 Å². The van der Waals surface area contributed by atoms with Crippen LogP contribution in [0.2, 0.25) is 0 Å². The quantitative estimate of drug-likeness (QED) is 0.227. The van der Waals surface area contributed by atoms with E-state index in [0.717, 1.165) is 0 Å². The number of anilines is 1. The summed E-state index contributed by atoms with van der Waals surface area (Å²) in [6.45, 7) is -5.34. The van der Waals surface area contributed by atoms with E-state index < -0.39 is 95.6 Å². The topological polar surface area (TPSA) is 138 Å². The van der Waals surface area contributed by atoms with E-state index in [9.17, 15) is 19.7 Å². The van der Waals surface area contributed by atoms with Crippen LogP contribution in [0.15, 0.2) is 23.3 Å². The Morgan fingerprint density at radius 2 is 2.22 bits per heavy atom. The number of nitrogens with zero attached hydrogens (tertiary/aromatic N) is 5. The van der Waals surface area contributed by atoms with Gasteiger partial charge in [0.2, 0.25) is 0 Å². The Labute approximate surface area is 233 Å². The zero-order valence-corrected chi connectivity index (χ0v) is 19.7. The summed E-state index contributed by atoms with van der Waals surface area (Å²) >= 11 is 0.430. The first kappa shape index (κ1) is 12.9. The highest BCUT2D eigenvalue weighted by Crippen LogP contribution is 2.44. The van der Waals surface area contributed by atoms with Gasteiger partial charge in [-0.25, -0.2) is 19.0 Å². The Hall–Kier alpha value is -2.38. The van der Waals surface area contributed by atoms with E-state index in [0.29, 0.717) is 11.8 Å². The van der Waals surface area contributed by atoms with Crippen molar-refractivity contribution in [1.82, 2.24) is 25.0 Å². The minimum Gasteiger partial charge on any atom is -0.394 e. The average Bonchev–Trinajstić information content (AvgIpc) is 3.60. The Morgan fingerprint density at radius 3 is 3.00 bits per heavy atom. The van der Waals surface area contributed by atoms with E-state index in [1.165, 1.54) is 13.8 Å². The number of halogens is 1. The van der Waals surface area contributed by atoms with Crippen LogP contribution in [0.4, 0.5) is 10.2 Å². The van der Waals surface area contributed by atoms with Crippen LogP contribution in [-0.2, 0) is 4.74 Å². The van der Waals surface area contributed by atoms with Crippen molar-refractivity contribution in [2.24, 2.45) is 0 Å². The zero-order chi connectivity index (χ0) is 38.9. The van der Waals surface area contributed by atoms with Gasteiger partial charge in [-0.3, -0.25) is 0 Å². The summed E-state index contributed by atoms with van der Waals surface area (Å²) in [5.74, 6) is -1.99. The Balaban J connectivity index is 1.68. The van der Waals surface area contributed by atoms with E-state index >= 15 is 0 Å². The molecular formula is C24H31FN6O4S. The van der Waals surface area contributed by atoms with Crippen LogP contribution < -0.4 is 5.32 Å². The molecule has 3 aromatic rings. The maximum atomic E-state index is 14.7. The molecule has 4 N–H and O–H groups in total. The Morgan fingerprint density at radius 1 is 1.39 bits per heavy atom. The largest absolute Gasteiger partial charge is 0.394 e. The number of thioether (sulfide) groups is 1. The van der Waals surface area contributed by atoms with Gasteiger partial charge in [-0.1, -0.05) is 36.0 Å². The molecule has 0 spiro atoms. The van der Waals surface area contributed by atoms with Gasteiger partial charge in [-0.15, -0.1) is 5.10 Å². The molecule has 12 heteroatoms. The molecule has 2 heterocycles. The summed E-state index contributed by atoms with van der Waals surface area (Å²) in [5.41, 5.74) is -3.51. The molecule has 2 saturated carbocycles. The number of hydrogen-bond donors (Lipinski definition) is 4. The minimum atomic E-state index is -4.35. The number of rotatable bonds is 10. The first-order valence-corrected chi connectivity index (χ1v) is 11.5. The Bertz CT molecular complexity index is 1890. The van der Waals surface area contributed by atoms with Gasteiger partial charge in [-0.2, -0.15) is 0 Å². The Kier molecular flexibility index (Phi) is 3.78. The highest BCUT2D eigenvalue weighted by molar-refractivity contribution is 7.99. The van der Waals surface area contributed by atoms with Crippen molar-refractivity contribution in [2.75, 3.05) is 24.1 Å². The number of nitrogens with one attached hydrogen (secondary N) is 1. The van der Waals surface area contributed by atoms with Crippen molar-refractivity contribution < 1.29 is 45.0 Å². The number of fused-ring (bicyclic) bond motifs is 1. The molecule has 6 atom stereocenters. The third-order valence-electron chi connectivity index (χ3n) is 5.34. The summed E-state index contributed by atoms with van der Waals surface area (Å²) in [6, 6.07) is -6.04. The molecule has 0 amide bonds. The van der Waals surface area contributed by atoms with Crippen molar-refractivity contribution in [2.45, 2.75) is 74.4 Å². The van der Waals surface area contributed by atoms with Gasteiger partial charge in [-0.05, 0) is 36.9 Å². The first-order chi connectivity index (χ1) is 23.0. The number of aromatic nitrogens is 5. The smallest absolute Gasteiger partial charge is 0.191 e. The molecule has 1 aromatic carbocycles. The van der Waals surface area contributed by atoms with Crippen molar-refractivity contribution in [3.8, 4) is 0 Å². The number of ether oxygens (including phenoxy) is 1. The van der Waals surface area contributed by atoms with Crippen LogP contribution in [0, 0.1) is 12.7 Å². The van der Waals surface area contributed by atoms with Crippen LogP contribution in [-0.4, -0.2) is 83.4 Å². The summed E-state index contributed by atoms with van der Waals surface area (Å²) in [6.07, 6.45) is -16.9. The second-order valence-corrected chi connectivity index (χ2v) is 8.62. The molecular weight excluding hydrogens is 487 g/mol. The first-order valence-electron chi connectivity index (χ1n) is 18.2. The molecule has 0 aliphatic heterocycles. The molecule has 0 bridgehead atoms. The fourth-order valence-corrected chi connectivity index (χ4v) is 4.01. The van der Waals surface area contributed by atoms with Crippen LogP contribution in [0.3, 0.4) is 0 Å². The molecule has 36 heavy (non-hydrogen) atoms. The van der Waals surface area contributed by atoms with Crippen molar-refractivity contribution in [3.63, 3.8) is 0 Å². The lowest BCUT2D eigenvalue weighted by atomic mass is 10.1. The SMILES string of the molecule is [2H]c1c([2H])c([C@@H]2C[C@H]2Nc2nc(SC([2H])([2H])CC)nc3c2nnn3[C@]2([2H])C([2H])([2H])[C@]([2H])(OC([2H])([2H])C([2H])([2H])O)[C@@]([2H])(O)[C@@]2([2H])O)c([2H])c(F)c1C. The molecule has 0 unspecified atom stereocenters. The zero-order valence-electron chi connectivity index (χ0n) is 33.8. The molecule has 2 aliphatic carbocycles. The highest BCUT2D eigenvalue weighted by Gasteiger charge is 2.45. The molecule has 0 saturated heterocycles. The normalized spacial score (nSPS) is 44.4. The molecule has 2 aromatic heterocycles. The minimum absolute atomic E-state index is 0.0754. The molecule has 2 fully saturated rings. The third-order valence-corrected chi connectivity index (χ3v) is 6.13. The van der Waals surface area contributed by atoms with E-state index in [2.05, 4.69) is 30.3 Å². The van der Waals surface area contributed by atoms with Gasteiger partial charge in [0, 0.05) is 29.5 Å². The van der Waals surface area contributed by atoms with Gasteiger partial charge in [0.15, 0.2) is 22.1 Å². The van der Waals surface area contributed by atoms with Gasteiger partial charge < -0.3 is 25.4 Å². The van der Waals surface area contributed by atoms with Gasteiger partial charge in [0.05, 0.1) is 40.3 Å². The van der Waals surface area contributed by atoms with Crippen molar-refractivity contribution >= 4 is 28.7 Å². The average molecular weight is 534 g/mol. The fraction of sp³-hybridized carbons (Fsp3) is 0.583. The van der Waals surface area contributed by atoms with Crippen LogP contribution >= 0.6 is 11.8 Å². The van der Waals surface area contributed by atoms with E-state index in [1.807, 2.05) is 0 Å². The molecule has 2 aliphatic rings. The van der Waals surface area contributed by atoms with Crippen LogP contribution in [0.25, 0.3) is 11.2 Å². The summed E-state index contributed by atoms with van der Waals surface area (Å²) in [5, 5.41) is 41.9. The maximum Gasteiger partial charge on any atom is 0.191 e. The number of hydrogen-bond acceptors (Lipinski definition) is 10. The lowest BCUT2D eigenvalue weighted by Crippen LogP contribution is -2.33. The summed E-state index contributed by atoms with van der Waals surface area (Å²) < 4.78 is 142. The number of aliphatic hydroxyl groups is 3. The van der Waals surface area contributed by atoms with E-state index in [4.69, 9.17) is 20.6 Å². The lowest BCUT2D eigenvalue weighted by molar-refractivity contribution is -0.0629. The summed E-state index contributed by atoms with van der Waals surface area (Å²) in [7, 11) is 0. The second kappa shape index (κ2) is 10.5. The van der Waals surface area contributed by atoms with Crippen molar-refractivity contribution in [3.05, 3.63) is 35.1 Å². The predicted molar refractivity (Wildman–Crippen MR) is 133 cm³/mol. The third kappa shape index (κ3) is 4.92. The molecule has 194 valence electrons. The second-order valence-electron chi connectivity index (χ2n) is 7.76. The standard InChI is InChI=1S/C24H31FN6O4S/c1-3-8-36-24-27-22(26-16-10-14(16)13-5-4-12(2)15(25)9-13)19-23(28-24)31(30-29-19)17-11-18(35-7-6-32)21(34)20(17)33/h4-5,9,14,16-18,20-21,32-34H,3,6-8,10-11H2,1-2H3,(H,26,27,28)/t14-,16+,17+,18-,20-,21+/m0/s1/i4D,5D,6D2,7D2,8D2,9D,11D2,17D,18D,20D,21D. The highest BCUT2D eigenvalue weighted by atomic mass is 32.2. The lowest BCUT2D eigenvalue weighted by Gasteiger charge is -2.17. The van der Waals surface area contributed by atoms with E-state index in [1.54, 1.807) is 0 Å². The van der Waals surface area contributed by atoms with Crippen LogP contribution in [0.1, 0.15) is 69.8 Å². The number of benzene rings is 1. The van der Waals surface area contributed by atoms with E-state index in [-0.39, 0.29) is 40.5 Å². The molecule has 10 nitrogen and oxygen atoms in total. The fourth-order valence-electron chi connectivity index (χ4n) is 3.47. The van der Waals surface area contributed by atoms with Gasteiger partial charge in [0.25, 0.3) is 0 Å². The summed E-state index contributed by atoms with van der Waals surface area (Å²) in [4.78, 5) is 8.35. The van der Waals surface area contributed by atoms with Gasteiger partial charge >= 0.3 is 0 Å². The maximum absolute atomic E-state index is 14.7. The molecule has 0 radical (unpaired) electrons. The van der Waals surface area contributed by atoms with Gasteiger partial charge in [0.1, 0.15) is 18.0 Å². The molecule has 5 rings (SSSR count). The van der Waals surface area contributed by atoms with Crippen LogP contribution in [0.5, 0.6) is 0 Å². The monoisotopic (exact) mass is 533 g/mol.